The van der Waals surface area contributed by atoms with Crippen LogP contribution in [0.5, 0.6) is 11.5 Å². The molecule has 0 radical (unpaired) electrons. The van der Waals surface area contributed by atoms with Crippen molar-refractivity contribution in [2.45, 2.75) is 42.0 Å². The Labute approximate surface area is 454 Å². The van der Waals surface area contributed by atoms with Crippen molar-refractivity contribution >= 4 is 188 Å². The molecular weight excluding hydrogens is 1110 g/mol. The summed E-state index contributed by atoms with van der Waals surface area (Å²) in [6, 6.07) is 33.1. The number of fused-ring (bicyclic) bond motifs is 4. The van der Waals surface area contributed by atoms with Crippen molar-refractivity contribution in [3.05, 3.63) is 163 Å². The minimum atomic E-state index is 0.227. The van der Waals surface area contributed by atoms with E-state index in [1.165, 1.54) is 78.4 Å². The summed E-state index contributed by atoms with van der Waals surface area (Å²) in [6.07, 6.45) is 17.9. The fraction of sp³-hybridized carbons (Fsp3) is 0.333. The van der Waals surface area contributed by atoms with Crippen LogP contribution in [0.15, 0.2) is 119 Å². The fourth-order valence-electron chi connectivity index (χ4n) is 9.39. The summed E-state index contributed by atoms with van der Waals surface area (Å²) >= 11 is 31.8. The molecule has 4 atom stereocenters. The van der Waals surface area contributed by atoms with Crippen LogP contribution in [-0.4, -0.2) is 68.4 Å². The summed E-state index contributed by atoms with van der Waals surface area (Å²) in [5.41, 5.74) is 11.7. The highest BCUT2D eigenvalue weighted by Crippen LogP contribution is 2.67. The van der Waals surface area contributed by atoms with Crippen LogP contribution in [0.25, 0.3) is 0 Å². The quantitative estimate of drug-likeness (QED) is 0.118. The van der Waals surface area contributed by atoms with E-state index >= 15 is 0 Å². The number of rotatable bonds is 14. The molecule has 0 spiro atoms. The molecule has 6 aliphatic rings. The lowest BCUT2D eigenvalue weighted by Gasteiger charge is -2.39. The van der Waals surface area contributed by atoms with Gasteiger partial charge in [-0.1, -0.05) is 60.7 Å². The zero-order valence-electron chi connectivity index (χ0n) is 36.6. The number of benzene rings is 4. The van der Waals surface area contributed by atoms with Crippen LogP contribution in [0.2, 0.25) is 0 Å². The maximum Gasteiger partial charge on any atom is 0.127 e. The zero-order valence-corrected chi connectivity index (χ0v) is 49.7. The Balaban J connectivity index is 1.06. The van der Waals surface area contributed by atoms with Crippen LogP contribution < -0.4 is 4.74 Å². The van der Waals surface area contributed by atoms with Gasteiger partial charge in [0.2, 0.25) is 0 Å². The first kappa shape index (κ1) is 49.8. The largest absolute Gasteiger partial charge is 0.457 e. The van der Waals surface area contributed by atoms with Crippen LogP contribution >= 0.6 is 188 Å². The topological polar surface area (TPSA) is 9.23 Å². The summed E-state index contributed by atoms with van der Waals surface area (Å²) < 4.78 is 20.3. The molecule has 4 heterocycles. The van der Waals surface area contributed by atoms with Gasteiger partial charge in [-0.2, -0.15) is 0 Å². The predicted octanol–water partition coefficient (Wildman–Crippen LogP) is 19.3. The van der Waals surface area contributed by atoms with Crippen molar-refractivity contribution in [3.63, 3.8) is 0 Å². The van der Waals surface area contributed by atoms with Gasteiger partial charge in [-0.3, -0.25) is 0 Å². The molecule has 4 unspecified atom stereocenters. The standard InChI is InChI=1S/C48H46OS16/c1-50-41-42(51-2)59-37(58-41)33-25-13-9-11-15-27(25)35(39-62-45(54-5)46(55-6)63-39)31-21-23(17-19-29(31)33)49-24-18-20-30-32(22-24)36(40-64-47(56-7)48(57-8)65-40)28-16-12-10-14-26(28)34(30)38-60-43(52-3)44(53-4)61-38/h9-22,33-40H,1-8H3. The van der Waals surface area contributed by atoms with Gasteiger partial charge in [-0.15, -0.1) is 188 Å². The average Bonchev–Trinajstić information content (AvgIpc) is 4.16. The van der Waals surface area contributed by atoms with Gasteiger partial charge in [-0.25, -0.2) is 0 Å². The molecule has 0 N–H and O–H groups in total. The highest BCUT2D eigenvalue weighted by atomic mass is 32.3. The molecule has 17 heteroatoms. The molecule has 65 heavy (non-hydrogen) atoms. The smallest absolute Gasteiger partial charge is 0.127 e. The van der Waals surface area contributed by atoms with Gasteiger partial charge in [0, 0.05) is 23.7 Å². The van der Waals surface area contributed by atoms with E-state index in [0.717, 1.165) is 11.5 Å². The van der Waals surface area contributed by atoms with Crippen molar-refractivity contribution in [1.29, 1.82) is 0 Å². The third kappa shape index (κ3) is 9.56. The third-order valence-corrected chi connectivity index (χ3v) is 34.7. The van der Waals surface area contributed by atoms with E-state index in [-0.39, 0.29) is 23.7 Å². The Hall–Kier alpha value is 1.24. The minimum absolute atomic E-state index is 0.227. The Bertz CT molecular complexity index is 2380. The van der Waals surface area contributed by atoms with E-state index in [1.54, 1.807) is 0 Å². The molecule has 0 saturated carbocycles. The first-order valence-corrected chi connectivity index (χ1v) is 37.4. The lowest BCUT2D eigenvalue weighted by Crippen LogP contribution is -2.27. The molecule has 4 aromatic carbocycles. The van der Waals surface area contributed by atoms with Crippen molar-refractivity contribution in [2.75, 3.05) is 50.0 Å². The van der Waals surface area contributed by atoms with E-state index in [2.05, 4.69) is 229 Å². The first-order valence-electron chi connectivity index (χ1n) is 20.6. The van der Waals surface area contributed by atoms with E-state index in [0.29, 0.717) is 18.3 Å². The normalized spacial score (nSPS) is 23.8. The molecule has 2 aliphatic carbocycles. The Morgan fingerprint density at radius 1 is 0.292 bits per heavy atom. The number of hydrogen-bond donors (Lipinski definition) is 0. The van der Waals surface area contributed by atoms with Gasteiger partial charge in [0.05, 0.1) is 52.2 Å². The number of hydrogen-bond acceptors (Lipinski definition) is 17. The Morgan fingerprint density at radius 2 is 0.508 bits per heavy atom. The fourth-order valence-corrected chi connectivity index (χ4v) is 33.0. The molecule has 0 saturated heterocycles. The van der Waals surface area contributed by atoms with Gasteiger partial charge in [-0.05, 0) is 119 Å². The molecular formula is C48H46OS16. The molecule has 0 bridgehead atoms. The van der Waals surface area contributed by atoms with Crippen molar-refractivity contribution in [1.82, 2.24) is 0 Å². The summed E-state index contributed by atoms with van der Waals surface area (Å²) in [5.74, 6) is 2.84. The second kappa shape index (κ2) is 22.2. The summed E-state index contributed by atoms with van der Waals surface area (Å²) in [6.45, 7) is 0. The van der Waals surface area contributed by atoms with Gasteiger partial charge >= 0.3 is 0 Å². The lowest BCUT2D eigenvalue weighted by atomic mass is 9.73. The molecule has 1 nitrogen and oxygen atoms in total. The molecule has 4 aliphatic heterocycles. The third-order valence-electron chi connectivity index (χ3n) is 12.0. The van der Waals surface area contributed by atoms with Crippen LogP contribution in [0.3, 0.4) is 0 Å². The van der Waals surface area contributed by atoms with E-state index in [9.17, 15) is 0 Å². The van der Waals surface area contributed by atoms with Gasteiger partial charge in [0.25, 0.3) is 0 Å². The highest BCUT2D eigenvalue weighted by Gasteiger charge is 2.47. The van der Waals surface area contributed by atoms with Crippen LogP contribution in [0.4, 0.5) is 0 Å². The summed E-state index contributed by atoms with van der Waals surface area (Å²) in [5, 5.41) is 0. The van der Waals surface area contributed by atoms with Crippen molar-refractivity contribution < 1.29 is 4.74 Å². The number of thioether (sulfide) groups is 16. The van der Waals surface area contributed by atoms with E-state index in [1.807, 2.05) is 94.1 Å². The van der Waals surface area contributed by atoms with Gasteiger partial charge in [0.1, 0.15) is 11.5 Å². The molecule has 0 amide bonds. The Morgan fingerprint density at radius 3 is 0.738 bits per heavy atom. The van der Waals surface area contributed by atoms with Crippen LogP contribution in [-0.2, 0) is 0 Å². The maximum absolute atomic E-state index is 7.22. The monoisotopic (exact) mass is 1150 g/mol. The van der Waals surface area contributed by atoms with Crippen molar-refractivity contribution in [3.8, 4) is 11.5 Å². The lowest BCUT2D eigenvalue weighted by molar-refractivity contribution is 0.479. The first-order chi connectivity index (χ1) is 31.8. The highest BCUT2D eigenvalue weighted by molar-refractivity contribution is 8.39. The second-order valence-corrected chi connectivity index (χ2v) is 34.2. The maximum atomic E-state index is 7.22. The van der Waals surface area contributed by atoms with Gasteiger partial charge < -0.3 is 4.74 Å². The van der Waals surface area contributed by atoms with E-state index < -0.39 is 0 Å². The predicted molar refractivity (Wildman–Crippen MR) is 325 cm³/mol. The van der Waals surface area contributed by atoms with Crippen molar-refractivity contribution in [2.24, 2.45) is 0 Å². The molecule has 0 aromatic heterocycles. The second-order valence-electron chi connectivity index (χ2n) is 15.2. The Kier molecular flexibility index (Phi) is 17.0. The minimum Gasteiger partial charge on any atom is -0.457 e. The zero-order chi connectivity index (χ0) is 44.9. The molecule has 340 valence electrons. The average molecular weight is 1150 g/mol. The molecule has 0 fully saturated rings. The van der Waals surface area contributed by atoms with Gasteiger partial charge in [0.15, 0.2) is 0 Å². The summed E-state index contributed by atoms with van der Waals surface area (Å²) in [4.78, 5) is 0. The SMILES string of the molecule is CSC1=C(SC)SC(C2c3ccccc3C(C3SC(SC)=C(SC)S3)c3cc(Oc4ccc5c(c4)C(C4SC(SC)=C(SC)S4)c4ccccc4C5C4SC(SC)=C(SC)S4)ccc32)S1. The molecule has 10 rings (SSSR count). The van der Waals surface area contributed by atoms with Crippen LogP contribution in [0, 0.1) is 0 Å². The number of ether oxygens (including phenoxy) is 1. The molecule has 4 aromatic rings. The van der Waals surface area contributed by atoms with E-state index in [4.69, 9.17) is 4.74 Å². The van der Waals surface area contributed by atoms with Crippen LogP contribution in [0.1, 0.15) is 68.2 Å². The summed E-state index contributed by atoms with van der Waals surface area (Å²) in [7, 11) is 0.